The van der Waals surface area contributed by atoms with Crippen LogP contribution >= 0.6 is 0 Å². The van der Waals surface area contributed by atoms with Crippen LogP contribution in [-0.4, -0.2) is 49.8 Å². The monoisotopic (exact) mass is 619 g/mol. The molecule has 0 unspecified atom stereocenters. The smallest absolute Gasteiger partial charge is 0.261 e. The quantitative estimate of drug-likeness (QED) is 0.207. The fraction of sp³-hybridized carbons (Fsp3) is 0.359. The summed E-state index contributed by atoms with van der Waals surface area (Å²) in [6, 6.07) is 41.2. The van der Waals surface area contributed by atoms with Gasteiger partial charge in [-0.1, -0.05) is 130 Å². The molecule has 2 fully saturated rings. The van der Waals surface area contributed by atoms with Crippen LogP contribution in [0.2, 0.25) is 5.04 Å². The number of hydrogen-bond donors (Lipinski definition) is 0. The minimum atomic E-state index is -2.85. The minimum Gasteiger partial charge on any atom is -0.404 e. The minimum absolute atomic E-state index is 0.00616. The lowest BCUT2D eigenvalue weighted by Gasteiger charge is -2.51. The van der Waals surface area contributed by atoms with Crippen LogP contribution in [0.25, 0.3) is 0 Å². The summed E-state index contributed by atoms with van der Waals surface area (Å²) >= 11 is 0. The Labute approximate surface area is 269 Å². The second-order valence-corrected chi connectivity index (χ2v) is 18.1. The molecule has 2 saturated heterocycles. The van der Waals surface area contributed by atoms with Gasteiger partial charge in [0, 0.05) is 5.56 Å². The van der Waals surface area contributed by atoms with Gasteiger partial charge in [0.05, 0.1) is 24.8 Å². The first-order valence-electron chi connectivity index (χ1n) is 16.1. The molecule has 0 aliphatic carbocycles. The Kier molecular flexibility index (Phi) is 8.86. The fourth-order valence-electron chi connectivity index (χ4n) is 7.34. The molecule has 234 valence electrons. The van der Waals surface area contributed by atoms with E-state index in [2.05, 4.69) is 111 Å². The zero-order valence-corrected chi connectivity index (χ0v) is 28.1. The van der Waals surface area contributed by atoms with Crippen molar-refractivity contribution in [1.29, 1.82) is 0 Å². The SMILES string of the molecule is CC1(C)OC[C@H]([C@H]2C[C@@H](O[Si](c3ccccc3)(c3ccccc3)C(C)(C)C)C[C@@H](c3ccccc3)N2C(=O)c2ccccc2)O1. The van der Waals surface area contributed by atoms with E-state index in [0.717, 1.165) is 5.56 Å². The van der Waals surface area contributed by atoms with Crippen molar-refractivity contribution in [2.75, 3.05) is 6.61 Å². The average Bonchev–Trinajstić information content (AvgIpc) is 3.43. The molecule has 0 spiro atoms. The summed E-state index contributed by atoms with van der Waals surface area (Å²) in [4.78, 5) is 16.6. The molecule has 0 N–H and O–H groups in total. The molecule has 0 saturated carbocycles. The summed E-state index contributed by atoms with van der Waals surface area (Å²) in [5.41, 5.74) is 1.77. The van der Waals surface area contributed by atoms with Crippen molar-refractivity contribution in [3.63, 3.8) is 0 Å². The van der Waals surface area contributed by atoms with Crippen molar-refractivity contribution >= 4 is 24.6 Å². The van der Waals surface area contributed by atoms with Crippen molar-refractivity contribution in [3.05, 3.63) is 132 Å². The van der Waals surface area contributed by atoms with E-state index in [0.29, 0.717) is 25.0 Å². The lowest BCUT2D eigenvalue weighted by Crippen LogP contribution is -2.69. The summed E-state index contributed by atoms with van der Waals surface area (Å²) < 4.78 is 20.4. The maximum absolute atomic E-state index is 14.5. The molecule has 0 radical (unpaired) electrons. The van der Waals surface area contributed by atoms with E-state index < -0.39 is 14.1 Å². The van der Waals surface area contributed by atoms with Crippen molar-refractivity contribution in [2.24, 2.45) is 0 Å². The van der Waals surface area contributed by atoms with Gasteiger partial charge in [-0.25, -0.2) is 0 Å². The number of piperidine rings is 1. The fourth-order valence-corrected chi connectivity index (χ4v) is 12.0. The molecule has 6 rings (SSSR count). The number of amides is 1. The second-order valence-electron chi connectivity index (χ2n) is 13.8. The summed E-state index contributed by atoms with van der Waals surface area (Å²) in [7, 11) is -2.85. The summed E-state index contributed by atoms with van der Waals surface area (Å²) in [6.45, 7) is 11.3. The van der Waals surface area contributed by atoms with Crippen LogP contribution in [0.15, 0.2) is 121 Å². The molecule has 2 aliphatic rings. The zero-order valence-electron chi connectivity index (χ0n) is 27.1. The molecule has 0 bridgehead atoms. The van der Waals surface area contributed by atoms with E-state index in [-0.39, 0.29) is 35.2 Å². The predicted molar refractivity (Wildman–Crippen MR) is 182 cm³/mol. The van der Waals surface area contributed by atoms with E-state index in [1.165, 1.54) is 10.4 Å². The van der Waals surface area contributed by atoms with Crippen LogP contribution in [0.3, 0.4) is 0 Å². The molecule has 4 aromatic rings. The number of hydrogen-bond acceptors (Lipinski definition) is 4. The highest BCUT2D eigenvalue weighted by Gasteiger charge is 2.54. The zero-order chi connectivity index (χ0) is 31.7. The number of benzene rings is 4. The largest absolute Gasteiger partial charge is 0.404 e. The number of ether oxygens (including phenoxy) is 2. The predicted octanol–water partition coefficient (Wildman–Crippen LogP) is 7.13. The van der Waals surface area contributed by atoms with Crippen LogP contribution in [0.5, 0.6) is 0 Å². The number of carbonyl (C=O) groups excluding carboxylic acids is 1. The molecule has 6 heteroatoms. The van der Waals surface area contributed by atoms with Crippen molar-refractivity contribution < 1.29 is 18.7 Å². The van der Waals surface area contributed by atoms with Crippen molar-refractivity contribution in [2.45, 2.75) is 82.6 Å². The molecular formula is C39H45NO4Si. The highest BCUT2D eigenvalue weighted by Crippen LogP contribution is 2.44. The van der Waals surface area contributed by atoms with Gasteiger partial charge in [-0.15, -0.1) is 0 Å². The van der Waals surface area contributed by atoms with Crippen LogP contribution in [0, 0.1) is 0 Å². The highest BCUT2D eigenvalue weighted by molar-refractivity contribution is 6.99. The summed E-state index contributed by atoms with van der Waals surface area (Å²) in [5.74, 6) is -0.716. The Bertz CT molecular complexity index is 1520. The molecule has 2 heterocycles. The molecule has 0 aromatic heterocycles. The van der Waals surface area contributed by atoms with E-state index in [1.54, 1.807) is 0 Å². The molecule has 2 aliphatic heterocycles. The van der Waals surface area contributed by atoms with Gasteiger partial charge in [0.25, 0.3) is 14.2 Å². The normalized spacial score (nSPS) is 23.5. The molecule has 1 amide bonds. The van der Waals surface area contributed by atoms with Gasteiger partial charge in [-0.3, -0.25) is 4.79 Å². The highest BCUT2D eigenvalue weighted by atomic mass is 28.4. The third-order valence-corrected chi connectivity index (χ3v) is 14.4. The summed E-state index contributed by atoms with van der Waals surface area (Å²) in [5, 5.41) is 2.33. The third-order valence-electron chi connectivity index (χ3n) is 9.34. The maximum Gasteiger partial charge on any atom is 0.261 e. The number of nitrogens with zero attached hydrogens (tertiary/aromatic N) is 1. The first-order valence-corrected chi connectivity index (χ1v) is 18.0. The van der Waals surface area contributed by atoms with Gasteiger partial charge >= 0.3 is 0 Å². The van der Waals surface area contributed by atoms with Crippen LogP contribution < -0.4 is 10.4 Å². The van der Waals surface area contributed by atoms with Gasteiger partial charge in [-0.2, -0.15) is 0 Å². The Hall–Kier alpha value is -3.55. The van der Waals surface area contributed by atoms with Gasteiger partial charge in [0.2, 0.25) is 0 Å². The Morgan fingerprint density at radius 2 is 1.29 bits per heavy atom. The average molecular weight is 620 g/mol. The number of rotatable bonds is 7. The lowest BCUT2D eigenvalue weighted by atomic mass is 9.86. The van der Waals surface area contributed by atoms with E-state index in [9.17, 15) is 4.79 Å². The van der Waals surface area contributed by atoms with Crippen molar-refractivity contribution in [1.82, 2.24) is 4.90 Å². The van der Waals surface area contributed by atoms with E-state index in [1.807, 2.05) is 50.2 Å². The maximum atomic E-state index is 14.5. The van der Waals surface area contributed by atoms with Gasteiger partial charge < -0.3 is 18.8 Å². The van der Waals surface area contributed by atoms with Crippen LogP contribution in [0.1, 0.15) is 69.4 Å². The standard InChI is InChI=1S/C39H45NO4Si/c1-38(2,3)45(32-22-14-8-15-23-32,33-24-16-9-17-25-33)44-31-26-34(29-18-10-6-11-19-29)40(37(41)30-20-12-7-13-21-30)35(27-31)36-28-42-39(4,5)43-36/h6-25,31,34-36H,26-28H2,1-5H3/t31-,34-,35+,36+/m0/s1. The Morgan fingerprint density at radius 3 is 1.78 bits per heavy atom. The number of carbonyl (C=O) groups is 1. The van der Waals surface area contributed by atoms with Gasteiger partial charge in [0.1, 0.15) is 6.10 Å². The van der Waals surface area contributed by atoms with Crippen LogP contribution in [0.4, 0.5) is 0 Å². The molecule has 4 aromatic carbocycles. The second kappa shape index (κ2) is 12.7. The Morgan fingerprint density at radius 1 is 0.778 bits per heavy atom. The van der Waals surface area contributed by atoms with Crippen molar-refractivity contribution in [3.8, 4) is 0 Å². The molecule has 45 heavy (non-hydrogen) atoms. The van der Waals surface area contributed by atoms with Gasteiger partial charge in [-0.05, 0) is 59.8 Å². The number of likely N-dealkylation sites (tertiary alicyclic amines) is 1. The Balaban J connectivity index is 1.48. The molecule has 5 nitrogen and oxygen atoms in total. The van der Waals surface area contributed by atoms with Crippen LogP contribution in [-0.2, 0) is 13.9 Å². The first kappa shape index (κ1) is 31.4. The molecule has 4 atom stereocenters. The topological polar surface area (TPSA) is 48.0 Å². The van der Waals surface area contributed by atoms with E-state index >= 15 is 0 Å². The summed E-state index contributed by atoms with van der Waals surface area (Å²) in [6.07, 6.45) is 0.917. The molecular weight excluding hydrogens is 575 g/mol. The van der Waals surface area contributed by atoms with E-state index in [4.69, 9.17) is 13.9 Å². The van der Waals surface area contributed by atoms with Gasteiger partial charge in [0.15, 0.2) is 5.79 Å². The third kappa shape index (κ3) is 6.30. The first-order chi connectivity index (χ1) is 21.6. The lowest BCUT2D eigenvalue weighted by molar-refractivity contribution is -0.150.